The van der Waals surface area contributed by atoms with Gasteiger partial charge in [-0.05, 0) is 42.0 Å². The molecule has 0 saturated heterocycles. The molecule has 0 unspecified atom stereocenters. The van der Waals surface area contributed by atoms with Crippen molar-refractivity contribution in [2.24, 2.45) is 0 Å². The molecule has 0 radical (unpaired) electrons. The highest BCUT2D eigenvalue weighted by atomic mass is 35.5. The molecule has 0 spiro atoms. The molecule has 0 aliphatic rings. The quantitative estimate of drug-likeness (QED) is 0.296. The fraction of sp³-hybridized carbons (Fsp3) is 0.0455. The number of hydrogen-bond acceptors (Lipinski definition) is 6. The van der Waals surface area contributed by atoms with Crippen molar-refractivity contribution in [2.75, 3.05) is 0 Å². The molecule has 5 aromatic rings. The van der Waals surface area contributed by atoms with E-state index in [4.69, 9.17) is 39.3 Å². The van der Waals surface area contributed by atoms with Gasteiger partial charge in [-0.25, -0.2) is 9.97 Å². The highest BCUT2D eigenvalue weighted by Gasteiger charge is 2.27. The molecule has 0 aliphatic carbocycles. The second-order valence-electron chi connectivity index (χ2n) is 6.89. The van der Waals surface area contributed by atoms with E-state index in [-0.39, 0.29) is 22.4 Å². The van der Waals surface area contributed by atoms with Crippen molar-refractivity contribution in [3.05, 3.63) is 93.3 Å². The Balaban J connectivity index is 1.60. The van der Waals surface area contributed by atoms with Gasteiger partial charge in [0, 0.05) is 28.2 Å². The summed E-state index contributed by atoms with van der Waals surface area (Å²) in [5.41, 5.74) is 2.37. The highest BCUT2D eigenvalue weighted by Crippen LogP contribution is 2.34. The Hall–Kier alpha value is -3.26. The lowest BCUT2D eigenvalue weighted by molar-refractivity contribution is 0.0995. The number of hydrogen-bond donors (Lipinski definition) is 0. The van der Waals surface area contributed by atoms with Gasteiger partial charge in [0.15, 0.2) is 0 Å². The van der Waals surface area contributed by atoms with Gasteiger partial charge < -0.3 is 9.09 Å². The lowest BCUT2D eigenvalue weighted by atomic mass is 10.1. The minimum atomic E-state index is -0.509. The van der Waals surface area contributed by atoms with Crippen molar-refractivity contribution in [3.8, 4) is 11.5 Å². The monoisotopic (exact) mass is 483 g/mol. The van der Waals surface area contributed by atoms with Crippen molar-refractivity contribution in [2.45, 2.75) is 6.54 Å². The van der Waals surface area contributed by atoms with Crippen molar-refractivity contribution < 1.29 is 9.32 Å². The maximum Gasteiger partial charge on any atom is 0.299 e. The zero-order valence-electron chi connectivity index (χ0n) is 16.2. The van der Waals surface area contributed by atoms with Crippen LogP contribution >= 0.6 is 34.8 Å². The Morgan fingerprint density at radius 3 is 2.53 bits per heavy atom. The second kappa shape index (κ2) is 8.35. The van der Waals surface area contributed by atoms with E-state index < -0.39 is 5.78 Å². The number of ketones is 1. The number of rotatable bonds is 5. The van der Waals surface area contributed by atoms with E-state index in [1.54, 1.807) is 36.5 Å². The third-order valence-corrected chi connectivity index (χ3v) is 5.75. The molecule has 3 aromatic heterocycles. The van der Waals surface area contributed by atoms with Crippen LogP contribution in [0.5, 0.6) is 0 Å². The first-order valence-electron chi connectivity index (χ1n) is 9.38. The number of halogens is 3. The van der Waals surface area contributed by atoms with Crippen LogP contribution in [0.1, 0.15) is 21.8 Å². The predicted octanol–water partition coefficient (Wildman–Crippen LogP) is 5.72. The molecular weight excluding hydrogens is 473 g/mol. The zero-order valence-corrected chi connectivity index (χ0v) is 18.4. The van der Waals surface area contributed by atoms with Gasteiger partial charge in [-0.15, -0.1) is 0 Å². The van der Waals surface area contributed by atoms with Crippen LogP contribution in [0.2, 0.25) is 15.2 Å². The largest absolute Gasteiger partial charge is 0.330 e. The summed E-state index contributed by atoms with van der Waals surface area (Å²) >= 11 is 18.9. The number of benzene rings is 2. The first kappa shape index (κ1) is 20.6. The number of carbonyl (C=O) groups is 1. The Labute approximate surface area is 196 Å². The third-order valence-electron chi connectivity index (χ3n) is 4.87. The van der Waals surface area contributed by atoms with Crippen molar-refractivity contribution >= 4 is 51.5 Å². The molecular formula is C22H12Cl3N5O2. The molecule has 5 rings (SSSR count). The van der Waals surface area contributed by atoms with Crippen LogP contribution in [0.15, 0.2) is 65.6 Å². The predicted molar refractivity (Wildman–Crippen MR) is 121 cm³/mol. The molecule has 32 heavy (non-hydrogen) atoms. The van der Waals surface area contributed by atoms with E-state index in [0.717, 1.165) is 11.1 Å². The average molecular weight is 485 g/mol. The molecule has 0 aliphatic heterocycles. The molecule has 0 bridgehead atoms. The summed E-state index contributed by atoms with van der Waals surface area (Å²) in [7, 11) is 0. The normalized spacial score (nSPS) is 11.2. The van der Waals surface area contributed by atoms with Crippen LogP contribution < -0.4 is 0 Å². The van der Waals surface area contributed by atoms with Crippen LogP contribution in [-0.4, -0.2) is 30.5 Å². The molecule has 158 valence electrons. The van der Waals surface area contributed by atoms with E-state index in [0.29, 0.717) is 27.7 Å². The number of carbonyl (C=O) groups excluding carboxylic acids is 1. The SMILES string of the molecule is O=C(c1nc(-c2ccncn2)no1)c1c(Cl)n(Cc2ccc(Cl)cc2)c2ccc(Cl)cc12. The summed E-state index contributed by atoms with van der Waals surface area (Å²) in [6.45, 7) is 0.428. The van der Waals surface area contributed by atoms with Crippen molar-refractivity contribution in [3.63, 3.8) is 0 Å². The van der Waals surface area contributed by atoms with E-state index in [1.807, 2.05) is 22.8 Å². The van der Waals surface area contributed by atoms with E-state index in [1.165, 1.54) is 6.33 Å². The van der Waals surface area contributed by atoms with Gasteiger partial charge >= 0.3 is 0 Å². The van der Waals surface area contributed by atoms with Crippen LogP contribution in [0, 0.1) is 0 Å². The Morgan fingerprint density at radius 2 is 1.78 bits per heavy atom. The van der Waals surface area contributed by atoms with E-state index >= 15 is 0 Å². The van der Waals surface area contributed by atoms with Crippen LogP contribution in [0.4, 0.5) is 0 Å². The first-order chi connectivity index (χ1) is 15.5. The molecule has 7 nitrogen and oxygen atoms in total. The van der Waals surface area contributed by atoms with Gasteiger partial charge in [0.25, 0.3) is 11.7 Å². The molecule has 2 aromatic carbocycles. The Morgan fingerprint density at radius 1 is 1.00 bits per heavy atom. The first-order valence-corrected chi connectivity index (χ1v) is 10.5. The van der Waals surface area contributed by atoms with Crippen molar-refractivity contribution in [1.29, 1.82) is 0 Å². The molecule has 0 saturated carbocycles. The van der Waals surface area contributed by atoms with Gasteiger partial charge in [-0.1, -0.05) is 52.1 Å². The average Bonchev–Trinajstić information content (AvgIpc) is 3.39. The summed E-state index contributed by atoms with van der Waals surface area (Å²) in [6.07, 6.45) is 2.90. The van der Waals surface area contributed by atoms with Crippen molar-refractivity contribution in [1.82, 2.24) is 24.7 Å². The lowest BCUT2D eigenvalue weighted by Gasteiger charge is -2.08. The molecule has 0 fully saturated rings. The van der Waals surface area contributed by atoms with Crippen LogP contribution in [0.3, 0.4) is 0 Å². The Bertz CT molecular complexity index is 1450. The summed E-state index contributed by atoms with van der Waals surface area (Å²) in [4.78, 5) is 25.5. The molecule has 3 heterocycles. The molecule has 0 N–H and O–H groups in total. The number of aromatic nitrogens is 5. The zero-order chi connectivity index (χ0) is 22.2. The van der Waals surface area contributed by atoms with Gasteiger partial charge in [-0.2, -0.15) is 4.98 Å². The van der Waals surface area contributed by atoms with Crippen LogP contribution in [0.25, 0.3) is 22.4 Å². The summed E-state index contributed by atoms with van der Waals surface area (Å²) in [5.74, 6) is -0.536. The second-order valence-corrected chi connectivity index (χ2v) is 8.12. The lowest BCUT2D eigenvalue weighted by Crippen LogP contribution is -2.04. The smallest absolute Gasteiger partial charge is 0.299 e. The highest BCUT2D eigenvalue weighted by molar-refractivity contribution is 6.37. The van der Waals surface area contributed by atoms with Gasteiger partial charge in [0.2, 0.25) is 5.82 Å². The maximum absolute atomic E-state index is 13.4. The topological polar surface area (TPSA) is 86.7 Å². The van der Waals surface area contributed by atoms with Gasteiger partial charge in [0.1, 0.15) is 17.2 Å². The standard InChI is InChI=1S/C22H12Cl3N5O2/c23-13-3-1-12(2-4-13)10-30-17-6-5-14(24)9-15(17)18(20(30)25)19(31)22-28-21(29-32-22)16-7-8-26-11-27-16/h1-9,11H,10H2. The minimum absolute atomic E-state index is 0.176. The summed E-state index contributed by atoms with van der Waals surface area (Å²) in [5, 5.41) is 5.79. The number of fused-ring (bicyclic) bond motifs is 1. The fourth-order valence-electron chi connectivity index (χ4n) is 3.39. The van der Waals surface area contributed by atoms with Crippen LogP contribution in [-0.2, 0) is 6.54 Å². The fourth-order valence-corrected chi connectivity index (χ4v) is 4.02. The van der Waals surface area contributed by atoms with E-state index in [2.05, 4.69) is 20.1 Å². The maximum atomic E-state index is 13.4. The molecule has 0 amide bonds. The third kappa shape index (κ3) is 3.75. The van der Waals surface area contributed by atoms with E-state index in [9.17, 15) is 4.79 Å². The van der Waals surface area contributed by atoms with Gasteiger partial charge in [0.05, 0.1) is 11.1 Å². The molecule has 0 atom stereocenters. The summed E-state index contributed by atoms with van der Waals surface area (Å²) in [6, 6.07) is 14.3. The number of nitrogens with zero attached hydrogens (tertiary/aromatic N) is 5. The molecule has 10 heteroatoms. The van der Waals surface area contributed by atoms with Gasteiger partial charge in [-0.3, -0.25) is 4.79 Å². The summed E-state index contributed by atoms with van der Waals surface area (Å²) < 4.78 is 7.05. The Kier molecular flexibility index (Phi) is 5.38. The minimum Gasteiger partial charge on any atom is -0.330 e.